The number of carbonyl (C=O) groups excluding carboxylic acids is 1. The molecule has 3 heteroatoms. The predicted molar refractivity (Wildman–Crippen MR) is 84.0 cm³/mol. The van der Waals surface area contributed by atoms with Gasteiger partial charge in [-0.2, -0.15) is 0 Å². The van der Waals surface area contributed by atoms with Gasteiger partial charge >= 0.3 is 5.97 Å². The normalized spacial score (nSPS) is 31.5. The van der Waals surface area contributed by atoms with Gasteiger partial charge in [0.2, 0.25) is 0 Å². The number of ether oxygens (including phenoxy) is 2. The number of hydrogen-bond donors (Lipinski definition) is 0. The van der Waals surface area contributed by atoms with Crippen molar-refractivity contribution in [3.63, 3.8) is 0 Å². The van der Waals surface area contributed by atoms with Crippen molar-refractivity contribution in [2.45, 2.75) is 83.0 Å². The Labute approximate surface area is 128 Å². The second-order valence-electron chi connectivity index (χ2n) is 5.97. The highest BCUT2D eigenvalue weighted by Gasteiger charge is 2.35. The van der Waals surface area contributed by atoms with Crippen LogP contribution in [-0.2, 0) is 14.3 Å². The fourth-order valence-electron chi connectivity index (χ4n) is 2.71. The lowest BCUT2D eigenvalue weighted by atomic mass is 10.0. The summed E-state index contributed by atoms with van der Waals surface area (Å²) in [5.41, 5.74) is 0. The maximum atomic E-state index is 11.7. The average molecular weight is 292 g/mol. The van der Waals surface area contributed by atoms with Gasteiger partial charge in [0.25, 0.3) is 0 Å². The first-order chi connectivity index (χ1) is 10.3. The number of esters is 1. The van der Waals surface area contributed by atoms with Crippen molar-refractivity contribution >= 4 is 5.97 Å². The zero-order chi connectivity index (χ0) is 14.9. The predicted octanol–water partition coefficient (Wildman–Crippen LogP) is 4.32. The van der Waals surface area contributed by atoms with Gasteiger partial charge in [0, 0.05) is 6.42 Å². The van der Waals surface area contributed by atoms with Gasteiger partial charge in [0.1, 0.15) is 12.2 Å². The van der Waals surface area contributed by atoms with Crippen LogP contribution >= 0.6 is 0 Å². The molecule has 0 saturated carbocycles. The lowest BCUT2D eigenvalue weighted by Gasteiger charge is -2.16. The van der Waals surface area contributed by atoms with Crippen LogP contribution in [0.1, 0.15) is 64.7 Å². The summed E-state index contributed by atoms with van der Waals surface area (Å²) in [5.74, 6) is -0.0503. The molecule has 118 valence electrons. The van der Waals surface area contributed by atoms with E-state index in [9.17, 15) is 4.79 Å². The smallest absolute Gasteiger partial charge is 0.306 e. The van der Waals surface area contributed by atoms with Gasteiger partial charge in [0.15, 0.2) is 0 Å². The van der Waals surface area contributed by atoms with Crippen molar-refractivity contribution in [1.82, 2.24) is 0 Å². The fourth-order valence-corrected chi connectivity index (χ4v) is 2.71. The van der Waals surface area contributed by atoms with Crippen molar-refractivity contribution in [2.24, 2.45) is 0 Å². The van der Waals surface area contributed by atoms with Gasteiger partial charge in [0.05, 0.1) is 6.10 Å². The van der Waals surface area contributed by atoms with E-state index in [0.29, 0.717) is 12.5 Å². The molecule has 2 rings (SSSR count). The summed E-state index contributed by atoms with van der Waals surface area (Å²) < 4.78 is 11.1. The van der Waals surface area contributed by atoms with Gasteiger partial charge in [-0.05, 0) is 38.2 Å². The molecular formula is C18H28O3. The summed E-state index contributed by atoms with van der Waals surface area (Å²) in [4.78, 5) is 11.7. The first-order valence-electron chi connectivity index (χ1n) is 8.48. The van der Waals surface area contributed by atoms with E-state index in [1.165, 1.54) is 12.8 Å². The standard InChI is InChI=1S/C18H28O3/c1-2-3-7-11-16-17(21-16)14-13-15-10-8-5-4-6-9-12-18(19)20-15/h3,7,13-17H,2,4-6,8-12H2,1H3/b7-3-,14-13+/t15-,16+,17-/m0/s1. The lowest BCUT2D eigenvalue weighted by molar-refractivity contribution is -0.147. The molecule has 2 saturated heterocycles. The Morgan fingerprint density at radius 3 is 2.76 bits per heavy atom. The van der Waals surface area contributed by atoms with E-state index < -0.39 is 0 Å². The molecule has 0 aromatic heterocycles. The van der Waals surface area contributed by atoms with Crippen LogP contribution in [0.25, 0.3) is 0 Å². The SMILES string of the molecule is CC/C=C\C[C@H]1O[C@H]1/C=C/[C@@H]1CCCCCCCC(=O)O1. The zero-order valence-corrected chi connectivity index (χ0v) is 13.1. The highest BCUT2D eigenvalue weighted by atomic mass is 16.6. The molecule has 0 aromatic carbocycles. The highest BCUT2D eigenvalue weighted by molar-refractivity contribution is 5.69. The molecule has 0 amide bonds. The number of epoxide rings is 1. The molecule has 3 atom stereocenters. The van der Waals surface area contributed by atoms with E-state index in [-0.39, 0.29) is 18.2 Å². The minimum atomic E-state index is -0.0633. The Kier molecular flexibility index (Phi) is 7.01. The Balaban J connectivity index is 1.75. The van der Waals surface area contributed by atoms with Crippen LogP contribution in [-0.4, -0.2) is 24.3 Å². The highest BCUT2D eigenvalue weighted by Crippen LogP contribution is 2.27. The molecule has 2 aliphatic heterocycles. The molecule has 2 heterocycles. The summed E-state index contributed by atoms with van der Waals surface area (Å²) in [7, 11) is 0. The van der Waals surface area contributed by atoms with E-state index in [4.69, 9.17) is 9.47 Å². The third-order valence-corrected chi connectivity index (χ3v) is 4.06. The first kappa shape index (κ1) is 16.3. The van der Waals surface area contributed by atoms with Crippen LogP contribution in [0.3, 0.4) is 0 Å². The minimum absolute atomic E-state index is 0.0503. The Morgan fingerprint density at radius 1 is 1.10 bits per heavy atom. The van der Waals surface area contributed by atoms with Gasteiger partial charge in [-0.1, -0.05) is 44.4 Å². The van der Waals surface area contributed by atoms with Crippen LogP contribution in [0.15, 0.2) is 24.3 Å². The fraction of sp³-hybridized carbons (Fsp3) is 0.722. The number of allylic oxidation sites excluding steroid dienone is 1. The van der Waals surface area contributed by atoms with Crippen LogP contribution in [0.4, 0.5) is 0 Å². The maximum absolute atomic E-state index is 11.7. The molecular weight excluding hydrogens is 264 g/mol. The molecule has 0 N–H and O–H groups in total. The van der Waals surface area contributed by atoms with E-state index in [1.807, 2.05) is 6.08 Å². The summed E-state index contributed by atoms with van der Waals surface area (Å²) >= 11 is 0. The van der Waals surface area contributed by atoms with Crippen molar-refractivity contribution in [3.8, 4) is 0 Å². The largest absolute Gasteiger partial charge is 0.458 e. The zero-order valence-electron chi connectivity index (χ0n) is 13.1. The summed E-state index contributed by atoms with van der Waals surface area (Å²) in [6.45, 7) is 2.13. The van der Waals surface area contributed by atoms with Gasteiger partial charge in [-0.3, -0.25) is 4.79 Å². The maximum Gasteiger partial charge on any atom is 0.306 e. The third kappa shape index (κ3) is 6.47. The Bertz CT molecular complexity index is 373. The quantitative estimate of drug-likeness (QED) is 0.430. The van der Waals surface area contributed by atoms with E-state index in [1.54, 1.807) is 0 Å². The third-order valence-electron chi connectivity index (χ3n) is 4.06. The Hall–Kier alpha value is -1.09. The van der Waals surface area contributed by atoms with E-state index in [0.717, 1.165) is 38.5 Å². The van der Waals surface area contributed by atoms with E-state index in [2.05, 4.69) is 25.2 Å². The molecule has 3 nitrogen and oxygen atoms in total. The van der Waals surface area contributed by atoms with Gasteiger partial charge < -0.3 is 9.47 Å². The number of cyclic esters (lactones) is 1. The number of carbonyl (C=O) groups is 1. The van der Waals surface area contributed by atoms with Crippen molar-refractivity contribution in [3.05, 3.63) is 24.3 Å². The number of rotatable bonds is 5. The second kappa shape index (κ2) is 9.04. The second-order valence-corrected chi connectivity index (χ2v) is 5.97. The molecule has 0 spiro atoms. The monoisotopic (exact) mass is 292 g/mol. The van der Waals surface area contributed by atoms with Gasteiger partial charge in [-0.25, -0.2) is 0 Å². The van der Waals surface area contributed by atoms with Gasteiger partial charge in [-0.15, -0.1) is 0 Å². The molecule has 21 heavy (non-hydrogen) atoms. The lowest BCUT2D eigenvalue weighted by Crippen LogP contribution is -2.17. The molecule has 0 aliphatic carbocycles. The summed E-state index contributed by atoms with van der Waals surface area (Å²) in [6, 6.07) is 0. The van der Waals surface area contributed by atoms with Crippen LogP contribution in [0.2, 0.25) is 0 Å². The summed E-state index contributed by atoms with van der Waals surface area (Å²) in [6.07, 6.45) is 18.2. The van der Waals surface area contributed by atoms with E-state index >= 15 is 0 Å². The van der Waals surface area contributed by atoms with Crippen molar-refractivity contribution < 1.29 is 14.3 Å². The topological polar surface area (TPSA) is 38.8 Å². The molecule has 0 radical (unpaired) electrons. The van der Waals surface area contributed by atoms with Crippen molar-refractivity contribution in [1.29, 1.82) is 0 Å². The summed E-state index contributed by atoms with van der Waals surface area (Å²) in [5, 5.41) is 0. The average Bonchev–Trinajstić information content (AvgIpc) is 3.22. The molecule has 0 aromatic rings. The van der Waals surface area contributed by atoms with Crippen molar-refractivity contribution in [2.75, 3.05) is 0 Å². The Morgan fingerprint density at radius 2 is 1.90 bits per heavy atom. The molecule has 2 aliphatic rings. The van der Waals surface area contributed by atoms with Crippen LogP contribution in [0.5, 0.6) is 0 Å². The molecule has 0 bridgehead atoms. The molecule has 0 unspecified atom stereocenters. The first-order valence-corrected chi connectivity index (χ1v) is 8.48. The van der Waals surface area contributed by atoms with Crippen LogP contribution < -0.4 is 0 Å². The minimum Gasteiger partial charge on any atom is -0.458 e. The number of hydrogen-bond acceptors (Lipinski definition) is 3. The molecule has 2 fully saturated rings. The van der Waals surface area contributed by atoms with Crippen LogP contribution in [0, 0.1) is 0 Å².